The Labute approximate surface area is 162 Å². The molecule has 1 amide bonds. The molecule has 0 saturated carbocycles. The molecule has 0 radical (unpaired) electrons. The molecule has 1 aromatic carbocycles. The number of hydrogen-bond acceptors (Lipinski definition) is 6. The van der Waals surface area contributed by atoms with Gasteiger partial charge < -0.3 is 4.74 Å². The first-order valence-corrected chi connectivity index (χ1v) is 10.7. The van der Waals surface area contributed by atoms with E-state index in [4.69, 9.17) is 8.92 Å². The summed E-state index contributed by atoms with van der Waals surface area (Å²) >= 11 is 0. The third-order valence-electron chi connectivity index (χ3n) is 4.29. The number of amides is 1. The predicted molar refractivity (Wildman–Crippen MR) is 103 cm³/mol. The molecule has 152 valence electrons. The zero-order valence-corrected chi connectivity index (χ0v) is 17.6. The first-order valence-electron chi connectivity index (χ1n) is 9.26. The highest BCUT2D eigenvalue weighted by Gasteiger charge is 2.28. The SMILES string of the molecule is CCOS(=O)(=O)c1ccc(C)cc1C1CCN(NC(=O)OC(C)(C)C)CC1. The van der Waals surface area contributed by atoms with Crippen molar-refractivity contribution in [3.63, 3.8) is 0 Å². The van der Waals surface area contributed by atoms with E-state index in [0.29, 0.717) is 13.1 Å². The van der Waals surface area contributed by atoms with Crippen LogP contribution >= 0.6 is 0 Å². The van der Waals surface area contributed by atoms with Crippen molar-refractivity contribution >= 4 is 16.2 Å². The van der Waals surface area contributed by atoms with Gasteiger partial charge in [-0.3, -0.25) is 9.61 Å². The van der Waals surface area contributed by atoms with Crippen LogP contribution in [0.3, 0.4) is 0 Å². The van der Waals surface area contributed by atoms with Crippen LogP contribution in [0.2, 0.25) is 0 Å². The summed E-state index contributed by atoms with van der Waals surface area (Å²) in [6, 6.07) is 5.34. The largest absolute Gasteiger partial charge is 0.443 e. The number of nitrogens with zero attached hydrogens (tertiary/aromatic N) is 1. The Hall–Kier alpha value is -1.64. The van der Waals surface area contributed by atoms with Crippen LogP contribution in [0.5, 0.6) is 0 Å². The normalized spacial score (nSPS) is 16.9. The molecule has 7 nitrogen and oxygen atoms in total. The van der Waals surface area contributed by atoms with E-state index in [2.05, 4.69) is 5.43 Å². The van der Waals surface area contributed by atoms with Crippen molar-refractivity contribution in [2.24, 2.45) is 0 Å². The number of hydrazine groups is 1. The summed E-state index contributed by atoms with van der Waals surface area (Å²) in [4.78, 5) is 12.2. The molecule has 1 saturated heterocycles. The van der Waals surface area contributed by atoms with Crippen LogP contribution in [0.4, 0.5) is 4.79 Å². The number of ether oxygens (including phenoxy) is 1. The maximum absolute atomic E-state index is 12.4. The quantitative estimate of drug-likeness (QED) is 0.766. The van der Waals surface area contributed by atoms with Crippen molar-refractivity contribution in [3.8, 4) is 0 Å². The molecular weight excluding hydrogens is 368 g/mol. The van der Waals surface area contributed by atoms with Gasteiger partial charge in [0.25, 0.3) is 10.1 Å². The van der Waals surface area contributed by atoms with E-state index in [-0.39, 0.29) is 17.4 Å². The van der Waals surface area contributed by atoms with Crippen LogP contribution in [-0.2, 0) is 19.0 Å². The Morgan fingerprint density at radius 2 is 1.89 bits per heavy atom. The third-order valence-corrected chi connectivity index (χ3v) is 5.75. The maximum Gasteiger partial charge on any atom is 0.422 e. The lowest BCUT2D eigenvalue weighted by Gasteiger charge is -2.33. The van der Waals surface area contributed by atoms with E-state index >= 15 is 0 Å². The van der Waals surface area contributed by atoms with E-state index < -0.39 is 21.8 Å². The molecule has 2 rings (SSSR count). The Morgan fingerprint density at radius 3 is 2.44 bits per heavy atom. The minimum absolute atomic E-state index is 0.0896. The lowest BCUT2D eigenvalue weighted by Crippen LogP contribution is -2.48. The molecule has 0 unspecified atom stereocenters. The van der Waals surface area contributed by atoms with Gasteiger partial charge in [-0.15, -0.1) is 0 Å². The van der Waals surface area contributed by atoms with Gasteiger partial charge in [0.15, 0.2) is 0 Å². The number of aryl methyl sites for hydroxylation is 1. The molecule has 27 heavy (non-hydrogen) atoms. The molecule has 1 N–H and O–H groups in total. The maximum atomic E-state index is 12.4. The molecule has 1 aliphatic heterocycles. The molecule has 1 aromatic rings. The van der Waals surface area contributed by atoms with Crippen LogP contribution in [0.25, 0.3) is 0 Å². The monoisotopic (exact) mass is 398 g/mol. The van der Waals surface area contributed by atoms with Crippen LogP contribution in [0.15, 0.2) is 23.1 Å². The number of piperidine rings is 1. The molecule has 1 aliphatic rings. The number of carbonyl (C=O) groups excluding carboxylic acids is 1. The second-order valence-electron chi connectivity index (χ2n) is 7.78. The topological polar surface area (TPSA) is 84.9 Å². The van der Waals surface area contributed by atoms with Crippen molar-refractivity contribution in [1.29, 1.82) is 0 Å². The van der Waals surface area contributed by atoms with E-state index in [1.54, 1.807) is 19.1 Å². The third kappa shape index (κ3) is 6.19. The van der Waals surface area contributed by atoms with Crippen LogP contribution in [0, 0.1) is 6.92 Å². The summed E-state index contributed by atoms with van der Waals surface area (Å²) in [6.45, 7) is 10.4. The highest BCUT2D eigenvalue weighted by Crippen LogP contribution is 2.33. The van der Waals surface area contributed by atoms with Crippen LogP contribution < -0.4 is 5.43 Å². The molecule has 0 atom stereocenters. The average Bonchev–Trinajstić information content (AvgIpc) is 2.53. The molecule has 0 bridgehead atoms. The number of rotatable bonds is 5. The van der Waals surface area contributed by atoms with Gasteiger partial charge in [0.2, 0.25) is 0 Å². The van der Waals surface area contributed by atoms with Crippen molar-refractivity contribution in [3.05, 3.63) is 29.3 Å². The van der Waals surface area contributed by atoms with Crippen molar-refractivity contribution in [2.75, 3.05) is 19.7 Å². The second kappa shape index (κ2) is 8.58. The Balaban J connectivity index is 2.08. The first-order chi connectivity index (χ1) is 12.5. The number of carbonyl (C=O) groups is 1. The predicted octanol–water partition coefficient (Wildman–Crippen LogP) is 3.34. The van der Waals surface area contributed by atoms with Gasteiger partial charge in [0.1, 0.15) is 5.60 Å². The second-order valence-corrected chi connectivity index (χ2v) is 9.36. The molecule has 1 fully saturated rings. The summed E-state index contributed by atoms with van der Waals surface area (Å²) in [5.41, 5.74) is 4.01. The number of benzene rings is 1. The standard InChI is InChI=1S/C19H30N2O5S/c1-6-25-27(23,24)17-8-7-14(2)13-16(17)15-9-11-21(12-10-15)20-18(22)26-19(3,4)5/h7-8,13,15H,6,9-12H2,1-5H3,(H,20,22). The van der Waals surface area contributed by atoms with E-state index in [1.165, 1.54) is 0 Å². The van der Waals surface area contributed by atoms with Gasteiger partial charge in [0.05, 0.1) is 11.5 Å². The van der Waals surface area contributed by atoms with Crippen molar-refractivity contribution < 1.29 is 22.1 Å². The first kappa shape index (κ1) is 21.7. The fourth-order valence-electron chi connectivity index (χ4n) is 3.17. The molecule has 1 heterocycles. The highest BCUT2D eigenvalue weighted by molar-refractivity contribution is 7.86. The van der Waals surface area contributed by atoms with Gasteiger partial charge >= 0.3 is 6.09 Å². The lowest BCUT2D eigenvalue weighted by molar-refractivity contribution is 0.0286. The summed E-state index contributed by atoms with van der Waals surface area (Å²) in [7, 11) is -3.76. The van der Waals surface area contributed by atoms with Crippen LogP contribution in [-0.4, -0.2) is 44.8 Å². The summed E-state index contributed by atoms with van der Waals surface area (Å²) in [5.74, 6) is 0.0896. The summed E-state index contributed by atoms with van der Waals surface area (Å²) in [6.07, 6.45) is 0.984. The zero-order chi connectivity index (χ0) is 20.2. The fourth-order valence-corrected chi connectivity index (χ4v) is 4.35. The zero-order valence-electron chi connectivity index (χ0n) is 16.7. The van der Waals surface area contributed by atoms with E-state index in [9.17, 15) is 13.2 Å². The summed E-state index contributed by atoms with van der Waals surface area (Å²) in [5, 5.41) is 1.82. The van der Waals surface area contributed by atoms with E-state index in [1.807, 2.05) is 38.8 Å². The average molecular weight is 399 g/mol. The Bertz CT molecular complexity index is 763. The number of hydrogen-bond donors (Lipinski definition) is 1. The van der Waals surface area contributed by atoms with Crippen molar-refractivity contribution in [1.82, 2.24) is 10.4 Å². The van der Waals surface area contributed by atoms with Gasteiger partial charge in [-0.1, -0.05) is 17.7 Å². The molecule has 8 heteroatoms. The minimum atomic E-state index is -3.76. The molecule has 0 aliphatic carbocycles. The Kier molecular flexibility index (Phi) is 6.88. The number of nitrogens with one attached hydrogen (secondary N) is 1. The fraction of sp³-hybridized carbons (Fsp3) is 0.632. The molecule has 0 aromatic heterocycles. The van der Waals surface area contributed by atoms with Gasteiger partial charge in [0, 0.05) is 13.1 Å². The lowest BCUT2D eigenvalue weighted by atomic mass is 9.89. The Morgan fingerprint density at radius 1 is 1.26 bits per heavy atom. The van der Waals surface area contributed by atoms with E-state index in [0.717, 1.165) is 24.0 Å². The van der Waals surface area contributed by atoms with Crippen molar-refractivity contribution in [2.45, 2.75) is 63.9 Å². The van der Waals surface area contributed by atoms with Gasteiger partial charge in [-0.25, -0.2) is 9.80 Å². The smallest absolute Gasteiger partial charge is 0.422 e. The highest BCUT2D eigenvalue weighted by atomic mass is 32.2. The summed E-state index contributed by atoms with van der Waals surface area (Å²) < 4.78 is 35.2. The van der Waals surface area contributed by atoms with Crippen LogP contribution in [0.1, 0.15) is 57.6 Å². The molecule has 0 spiro atoms. The minimum Gasteiger partial charge on any atom is -0.443 e. The van der Waals surface area contributed by atoms with Gasteiger partial charge in [-0.2, -0.15) is 8.42 Å². The van der Waals surface area contributed by atoms with Gasteiger partial charge in [-0.05, 0) is 65.0 Å². The molecular formula is C19H30N2O5S.